The van der Waals surface area contributed by atoms with Crippen LogP contribution in [0.4, 0.5) is 10.1 Å². The van der Waals surface area contributed by atoms with E-state index in [9.17, 15) is 22.4 Å². The van der Waals surface area contributed by atoms with Crippen molar-refractivity contribution in [3.05, 3.63) is 78.1 Å². The maximum Gasteiger partial charge on any atom is 0.264 e. The fraction of sp³-hybridized carbons (Fsp3) is 0.310. The largest absolute Gasteiger partial charge is 0.497 e. The molecule has 0 aliphatic carbocycles. The third-order valence-corrected chi connectivity index (χ3v) is 8.23. The van der Waals surface area contributed by atoms with E-state index in [1.807, 2.05) is 0 Å². The van der Waals surface area contributed by atoms with E-state index in [2.05, 4.69) is 5.32 Å². The van der Waals surface area contributed by atoms with Gasteiger partial charge in [0, 0.05) is 19.7 Å². The molecule has 41 heavy (non-hydrogen) atoms. The van der Waals surface area contributed by atoms with Crippen LogP contribution in [-0.2, 0) is 26.2 Å². The first-order valence-electron chi connectivity index (χ1n) is 12.7. The lowest BCUT2D eigenvalue weighted by atomic mass is 10.1. The summed E-state index contributed by atoms with van der Waals surface area (Å²) in [7, 11) is 1.38. The molecule has 12 heteroatoms. The average molecular weight is 588 g/mol. The quantitative estimate of drug-likeness (QED) is 0.325. The molecule has 2 amide bonds. The van der Waals surface area contributed by atoms with Gasteiger partial charge >= 0.3 is 0 Å². The summed E-state index contributed by atoms with van der Waals surface area (Å²) >= 11 is 0. The standard InChI is InChI=1S/C29H34FN3O7S/c1-6-25(29(35)31-2)32(18-20-8-7-9-23(16-20)38-3)28(34)19-33(22-12-10-21(30)11-13-22)41(36,37)24-14-15-26(39-4)27(17-24)40-5/h7-17,25H,6,18-19H2,1-5H3,(H,31,35). The third kappa shape index (κ3) is 7.26. The number of nitrogens with one attached hydrogen (secondary N) is 1. The van der Waals surface area contributed by atoms with Gasteiger partial charge in [0.1, 0.15) is 24.2 Å². The van der Waals surface area contributed by atoms with E-state index >= 15 is 0 Å². The first-order chi connectivity index (χ1) is 19.6. The summed E-state index contributed by atoms with van der Waals surface area (Å²) in [5, 5.41) is 2.57. The molecule has 0 bridgehead atoms. The molecule has 0 saturated carbocycles. The van der Waals surface area contributed by atoms with Crippen LogP contribution in [0.25, 0.3) is 0 Å². The third-order valence-electron chi connectivity index (χ3n) is 6.46. The van der Waals surface area contributed by atoms with Crippen molar-refractivity contribution in [2.24, 2.45) is 0 Å². The summed E-state index contributed by atoms with van der Waals surface area (Å²) in [6.07, 6.45) is 0.272. The molecule has 1 N–H and O–H groups in total. The summed E-state index contributed by atoms with van der Waals surface area (Å²) in [4.78, 5) is 27.9. The maximum absolute atomic E-state index is 14.0. The minimum absolute atomic E-state index is 0.00955. The SMILES string of the molecule is CCC(C(=O)NC)N(Cc1cccc(OC)c1)C(=O)CN(c1ccc(F)cc1)S(=O)(=O)c1ccc(OC)c(OC)c1. The van der Waals surface area contributed by atoms with Crippen molar-refractivity contribution in [2.75, 3.05) is 39.2 Å². The van der Waals surface area contributed by atoms with Crippen molar-refractivity contribution in [1.82, 2.24) is 10.2 Å². The number of anilines is 1. The van der Waals surface area contributed by atoms with Crippen LogP contribution >= 0.6 is 0 Å². The monoisotopic (exact) mass is 587 g/mol. The van der Waals surface area contributed by atoms with Crippen molar-refractivity contribution in [1.29, 1.82) is 0 Å². The summed E-state index contributed by atoms with van der Waals surface area (Å²) in [5.41, 5.74) is 0.736. The molecule has 0 heterocycles. The lowest BCUT2D eigenvalue weighted by Crippen LogP contribution is -2.51. The van der Waals surface area contributed by atoms with Crippen LogP contribution in [0, 0.1) is 5.82 Å². The Hall–Kier alpha value is -4.32. The van der Waals surface area contributed by atoms with Crippen molar-refractivity contribution < 1.29 is 36.6 Å². The smallest absolute Gasteiger partial charge is 0.264 e. The predicted octanol–water partition coefficient (Wildman–Crippen LogP) is 3.60. The Bertz CT molecular complexity index is 1470. The molecule has 220 valence electrons. The van der Waals surface area contributed by atoms with Crippen LogP contribution in [0.5, 0.6) is 17.2 Å². The number of hydrogen-bond donors (Lipinski definition) is 1. The molecule has 3 rings (SSSR count). The summed E-state index contributed by atoms with van der Waals surface area (Å²) in [6.45, 7) is 1.10. The lowest BCUT2D eigenvalue weighted by Gasteiger charge is -2.33. The lowest BCUT2D eigenvalue weighted by molar-refractivity contribution is -0.140. The number of carbonyl (C=O) groups excluding carboxylic acids is 2. The number of sulfonamides is 1. The molecule has 0 spiro atoms. The van der Waals surface area contributed by atoms with Gasteiger partial charge in [0.2, 0.25) is 11.8 Å². The Labute approximate surface area is 239 Å². The Morgan fingerprint density at radius 2 is 1.61 bits per heavy atom. The van der Waals surface area contributed by atoms with Crippen LogP contribution < -0.4 is 23.8 Å². The molecular formula is C29H34FN3O7S. The number of benzene rings is 3. The molecule has 1 atom stereocenters. The molecule has 0 aliphatic rings. The molecule has 0 aliphatic heterocycles. The van der Waals surface area contributed by atoms with Gasteiger partial charge in [-0.15, -0.1) is 0 Å². The number of ether oxygens (including phenoxy) is 3. The van der Waals surface area contributed by atoms with E-state index in [1.165, 1.54) is 63.6 Å². The Morgan fingerprint density at radius 1 is 0.927 bits per heavy atom. The van der Waals surface area contributed by atoms with Crippen LogP contribution in [-0.4, -0.2) is 66.1 Å². The minimum atomic E-state index is -4.39. The van der Waals surface area contributed by atoms with Gasteiger partial charge in [-0.3, -0.25) is 13.9 Å². The number of rotatable bonds is 13. The van der Waals surface area contributed by atoms with E-state index in [-0.39, 0.29) is 29.3 Å². The second-order valence-electron chi connectivity index (χ2n) is 8.92. The van der Waals surface area contributed by atoms with Gasteiger partial charge in [0.15, 0.2) is 11.5 Å². The number of nitrogens with zero attached hydrogens (tertiary/aromatic N) is 2. The highest BCUT2D eigenvalue weighted by Gasteiger charge is 2.34. The Balaban J connectivity index is 2.09. The molecule has 1 unspecified atom stereocenters. The summed E-state index contributed by atoms with van der Waals surface area (Å²) in [5.74, 6) is -0.571. The van der Waals surface area contributed by atoms with Gasteiger partial charge in [0.25, 0.3) is 10.0 Å². The zero-order valence-corrected chi connectivity index (χ0v) is 24.4. The molecule has 0 saturated heterocycles. The first kappa shape index (κ1) is 31.2. The zero-order valence-electron chi connectivity index (χ0n) is 23.6. The molecule has 0 aromatic heterocycles. The Kier molecular flexibility index (Phi) is 10.5. The second kappa shape index (κ2) is 13.8. The highest BCUT2D eigenvalue weighted by Crippen LogP contribution is 2.32. The molecule has 0 fully saturated rings. The van der Waals surface area contributed by atoms with Crippen LogP contribution in [0.15, 0.2) is 71.6 Å². The normalized spacial score (nSPS) is 11.8. The van der Waals surface area contributed by atoms with E-state index in [1.54, 1.807) is 31.2 Å². The van der Waals surface area contributed by atoms with Gasteiger partial charge in [-0.2, -0.15) is 0 Å². The van der Waals surface area contributed by atoms with Crippen molar-refractivity contribution in [3.63, 3.8) is 0 Å². The van der Waals surface area contributed by atoms with E-state index < -0.39 is 40.2 Å². The topological polar surface area (TPSA) is 114 Å². The van der Waals surface area contributed by atoms with Gasteiger partial charge in [-0.05, 0) is 60.5 Å². The summed E-state index contributed by atoms with van der Waals surface area (Å²) in [6, 6.07) is 14.9. The number of carbonyl (C=O) groups is 2. The van der Waals surface area contributed by atoms with Gasteiger partial charge in [-0.1, -0.05) is 19.1 Å². The van der Waals surface area contributed by atoms with Crippen LogP contribution in [0.2, 0.25) is 0 Å². The van der Waals surface area contributed by atoms with Crippen molar-refractivity contribution in [3.8, 4) is 17.2 Å². The van der Waals surface area contributed by atoms with E-state index in [0.717, 1.165) is 16.4 Å². The number of hydrogen-bond acceptors (Lipinski definition) is 7. The first-order valence-corrected chi connectivity index (χ1v) is 14.2. The van der Waals surface area contributed by atoms with E-state index in [4.69, 9.17) is 14.2 Å². The van der Waals surface area contributed by atoms with Gasteiger partial charge < -0.3 is 24.4 Å². The number of halogens is 1. The fourth-order valence-electron chi connectivity index (χ4n) is 4.29. The van der Waals surface area contributed by atoms with Crippen molar-refractivity contribution >= 4 is 27.5 Å². The van der Waals surface area contributed by atoms with Crippen LogP contribution in [0.3, 0.4) is 0 Å². The summed E-state index contributed by atoms with van der Waals surface area (Å²) < 4.78 is 58.4. The zero-order chi connectivity index (χ0) is 30.2. The second-order valence-corrected chi connectivity index (χ2v) is 10.8. The van der Waals surface area contributed by atoms with Gasteiger partial charge in [-0.25, -0.2) is 12.8 Å². The fourth-order valence-corrected chi connectivity index (χ4v) is 5.72. The number of likely N-dealkylation sites (N-methyl/N-ethyl adjacent to an activating group) is 1. The Morgan fingerprint density at radius 3 is 2.20 bits per heavy atom. The predicted molar refractivity (Wildman–Crippen MR) is 152 cm³/mol. The van der Waals surface area contributed by atoms with Crippen molar-refractivity contribution in [2.45, 2.75) is 30.8 Å². The molecule has 3 aromatic carbocycles. The van der Waals surface area contributed by atoms with Gasteiger partial charge in [0.05, 0.1) is 31.9 Å². The molecular weight excluding hydrogens is 553 g/mol. The van der Waals surface area contributed by atoms with Crippen LogP contribution in [0.1, 0.15) is 18.9 Å². The maximum atomic E-state index is 14.0. The highest BCUT2D eigenvalue weighted by atomic mass is 32.2. The molecule has 10 nitrogen and oxygen atoms in total. The minimum Gasteiger partial charge on any atom is -0.497 e. The number of amides is 2. The molecule has 3 aromatic rings. The highest BCUT2D eigenvalue weighted by molar-refractivity contribution is 7.92. The average Bonchev–Trinajstić information content (AvgIpc) is 2.99. The van der Waals surface area contributed by atoms with E-state index in [0.29, 0.717) is 17.1 Å². The molecule has 0 radical (unpaired) electrons. The number of methoxy groups -OCH3 is 3.